The molecule has 0 saturated carbocycles. The monoisotopic (exact) mass is 372 g/mol. The zero-order chi connectivity index (χ0) is 18.4. The second-order valence-electron chi connectivity index (χ2n) is 5.53. The van der Waals surface area contributed by atoms with Gasteiger partial charge in [0.15, 0.2) is 0 Å². The van der Waals surface area contributed by atoms with Gasteiger partial charge in [0.25, 0.3) is 0 Å². The number of hydrogen-bond donors (Lipinski definition) is 0. The minimum Gasteiger partial charge on any atom is -0.497 e. The Kier molecular flexibility index (Phi) is 6.07. The molecule has 1 heterocycles. The van der Waals surface area contributed by atoms with E-state index in [1.807, 2.05) is 36.4 Å². The highest BCUT2D eigenvalue weighted by Crippen LogP contribution is 2.25. The van der Waals surface area contributed by atoms with E-state index >= 15 is 0 Å². The van der Waals surface area contributed by atoms with E-state index in [0.29, 0.717) is 23.7 Å². The molecule has 0 amide bonds. The van der Waals surface area contributed by atoms with Crippen molar-refractivity contribution in [2.24, 2.45) is 0 Å². The van der Waals surface area contributed by atoms with Gasteiger partial charge in [-0.3, -0.25) is 0 Å². The molecule has 0 atom stereocenters. The molecule has 0 aliphatic heterocycles. The topological polar surface area (TPSA) is 57.9 Å². The van der Waals surface area contributed by atoms with Gasteiger partial charge < -0.3 is 18.6 Å². The van der Waals surface area contributed by atoms with Gasteiger partial charge in [0.1, 0.15) is 22.8 Å². The maximum atomic E-state index is 11.8. The second kappa shape index (κ2) is 8.67. The van der Waals surface area contributed by atoms with Crippen LogP contribution in [0.2, 0.25) is 0 Å². The van der Waals surface area contributed by atoms with E-state index in [1.165, 1.54) is 0 Å². The van der Waals surface area contributed by atoms with Gasteiger partial charge in [-0.15, -0.1) is 0 Å². The summed E-state index contributed by atoms with van der Waals surface area (Å²) in [6, 6.07) is 14.6. The van der Waals surface area contributed by atoms with Gasteiger partial charge in [-0.2, -0.15) is 11.8 Å². The van der Waals surface area contributed by atoms with Crippen molar-refractivity contribution in [3.63, 3.8) is 0 Å². The fourth-order valence-corrected chi connectivity index (χ4v) is 3.33. The van der Waals surface area contributed by atoms with Gasteiger partial charge in [0.05, 0.1) is 20.8 Å². The molecule has 0 radical (unpaired) electrons. The van der Waals surface area contributed by atoms with Crippen LogP contribution >= 0.6 is 11.8 Å². The van der Waals surface area contributed by atoms with E-state index in [4.69, 9.17) is 18.6 Å². The SMILES string of the molecule is COc1ccc(OCCSCc2cc(=O)oc3cc(OC)ccc23)cc1. The highest BCUT2D eigenvalue weighted by molar-refractivity contribution is 7.98. The fraction of sp³-hybridized carbons (Fsp3) is 0.250. The Labute approximate surface area is 155 Å². The molecule has 1 aromatic heterocycles. The van der Waals surface area contributed by atoms with Crippen LogP contribution in [-0.4, -0.2) is 26.6 Å². The quantitative estimate of drug-likeness (QED) is 0.438. The van der Waals surface area contributed by atoms with Crippen molar-refractivity contribution in [3.05, 3.63) is 64.5 Å². The van der Waals surface area contributed by atoms with Crippen LogP contribution in [-0.2, 0) is 5.75 Å². The summed E-state index contributed by atoms with van der Waals surface area (Å²) in [6.07, 6.45) is 0. The van der Waals surface area contributed by atoms with E-state index in [-0.39, 0.29) is 5.63 Å². The number of thioether (sulfide) groups is 1. The van der Waals surface area contributed by atoms with Gasteiger partial charge in [0.2, 0.25) is 0 Å². The van der Waals surface area contributed by atoms with Crippen LogP contribution < -0.4 is 19.8 Å². The predicted octanol–water partition coefficient (Wildman–Crippen LogP) is 4.12. The number of hydrogen-bond acceptors (Lipinski definition) is 6. The zero-order valence-electron chi connectivity index (χ0n) is 14.7. The molecule has 6 heteroatoms. The predicted molar refractivity (Wildman–Crippen MR) is 104 cm³/mol. The third-order valence-corrected chi connectivity index (χ3v) is 4.82. The Bertz CT molecular complexity index is 918. The van der Waals surface area contributed by atoms with Gasteiger partial charge in [0, 0.05) is 29.0 Å². The third kappa shape index (κ3) is 4.52. The molecule has 0 aliphatic carbocycles. The van der Waals surface area contributed by atoms with Crippen molar-refractivity contribution in [2.45, 2.75) is 5.75 Å². The van der Waals surface area contributed by atoms with E-state index in [1.54, 1.807) is 38.1 Å². The molecule has 5 nitrogen and oxygen atoms in total. The Balaban J connectivity index is 1.56. The summed E-state index contributed by atoms with van der Waals surface area (Å²) in [5.41, 5.74) is 1.14. The number of fused-ring (bicyclic) bond motifs is 1. The lowest BCUT2D eigenvalue weighted by atomic mass is 10.1. The van der Waals surface area contributed by atoms with E-state index in [2.05, 4.69) is 0 Å². The lowest BCUT2D eigenvalue weighted by molar-refractivity contribution is 0.342. The first-order valence-electron chi connectivity index (χ1n) is 8.15. The molecule has 0 aliphatic rings. The summed E-state index contributed by atoms with van der Waals surface area (Å²) < 4.78 is 21.3. The minimum atomic E-state index is -0.351. The molecule has 0 saturated heterocycles. The summed E-state index contributed by atoms with van der Waals surface area (Å²) in [4.78, 5) is 11.8. The minimum absolute atomic E-state index is 0.351. The Hall–Kier alpha value is -2.60. The average molecular weight is 372 g/mol. The first-order valence-corrected chi connectivity index (χ1v) is 9.30. The van der Waals surface area contributed by atoms with Crippen molar-refractivity contribution in [2.75, 3.05) is 26.6 Å². The van der Waals surface area contributed by atoms with Crippen molar-refractivity contribution >= 4 is 22.7 Å². The van der Waals surface area contributed by atoms with Crippen molar-refractivity contribution in [1.29, 1.82) is 0 Å². The highest BCUT2D eigenvalue weighted by Gasteiger charge is 2.07. The Morgan fingerprint density at radius 3 is 2.35 bits per heavy atom. The Morgan fingerprint density at radius 1 is 0.923 bits per heavy atom. The molecule has 0 spiro atoms. The molecule has 0 fully saturated rings. The number of benzene rings is 2. The van der Waals surface area contributed by atoms with E-state index in [0.717, 1.165) is 28.2 Å². The normalized spacial score (nSPS) is 10.7. The molecule has 0 N–H and O–H groups in total. The third-order valence-electron chi connectivity index (χ3n) is 3.85. The number of ether oxygens (including phenoxy) is 3. The van der Waals surface area contributed by atoms with E-state index < -0.39 is 0 Å². The van der Waals surface area contributed by atoms with E-state index in [9.17, 15) is 4.79 Å². The van der Waals surface area contributed by atoms with Crippen LogP contribution in [0.3, 0.4) is 0 Å². The molecule has 2 aromatic carbocycles. The first-order chi connectivity index (χ1) is 12.7. The standard InChI is InChI=1S/C20H20O5S/c1-22-15-3-5-16(6-4-15)24-9-10-26-13-14-11-20(21)25-19-12-17(23-2)7-8-18(14)19/h3-8,11-12H,9-10,13H2,1-2H3. The number of rotatable bonds is 8. The molecular weight excluding hydrogens is 352 g/mol. The van der Waals surface area contributed by atoms with Crippen LogP contribution in [0.25, 0.3) is 11.0 Å². The summed E-state index contributed by atoms with van der Waals surface area (Å²) in [7, 11) is 3.22. The lowest BCUT2D eigenvalue weighted by Crippen LogP contribution is -2.03. The fourth-order valence-electron chi connectivity index (χ4n) is 2.53. The molecule has 0 bridgehead atoms. The van der Waals surface area contributed by atoms with Gasteiger partial charge in [-0.25, -0.2) is 4.79 Å². The summed E-state index contributed by atoms with van der Waals surface area (Å²) >= 11 is 1.71. The average Bonchev–Trinajstić information content (AvgIpc) is 2.67. The molecular formula is C20H20O5S. The van der Waals surface area contributed by atoms with Gasteiger partial charge in [-0.05, 0) is 42.0 Å². The lowest BCUT2D eigenvalue weighted by Gasteiger charge is -2.08. The maximum absolute atomic E-state index is 11.8. The number of methoxy groups -OCH3 is 2. The molecule has 136 valence electrons. The van der Waals surface area contributed by atoms with Crippen molar-refractivity contribution < 1.29 is 18.6 Å². The van der Waals surface area contributed by atoms with Crippen LogP contribution in [0.15, 0.2) is 57.7 Å². The van der Waals surface area contributed by atoms with Crippen LogP contribution in [0.4, 0.5) is 0 Å². The van der Waals surface area contributed by atoms with Crippen molar-refractivity contribution in [1.82, 2.24) is 0 Å². The maximum Gasteiger partial charge on any atom is 0.336 e. The van der Waals surface area contributed by atoms with Gasteiger partial charge in [-0.1, -0.05) is 0 Å². The zero-order valence-corrected chi connectivity index (χ0v) is 15.5. The summed E-state index contributed by atoms with van der Waals surface area (Å²) in [5, 5.41) is 0.925. The summed E-state index contributed by atoms with van der Waals surface area (Å²) in [5.74, 6) is 3.80. The van der Waals surface area contributed by atoms with Crippen LogP contribution in [0.1, 0.15) is 5.56 Å². The first kappa shape index (κ1) is 18.2. The summed E-state index contributed by atoms with van der Waals surface area (Å²) in [6.45, 7) is 0.587. The Morgan fingerprint density at radius 2 is 1.62 bits per heavy atom. The largest absolute Gasteiger partial charge is 0.497 e. The molecule has 0 unspecified atom stereocenters. The van der Waals surface area contributed by atoms with Gasteiger partial charge >= 0.3 is 5.63 Å². The van der Waals surface area contributed by atoms with Crippen LogP contribution in [0.5, 0.6) is 17.2 Å². The molecule has 26 heavy (non-hydrogen) atoms. The smallest absolute Gasteiger partial charge is 0.336 e. The molecule has 3 rings (SSSR count). The van der Waals surface area contributed by atoms with Crippen molar-refractivity contribution in [3.8, 4) is 17.2 Å². The molecule has 3 aromatic rings. The highest BCUT2D eigenvalue weighted by atomic mass is 32.2. The van der Waals surface area contributed by atoms with Crippen LogP contribution in [0, 0.1) is 0 Å². The second-order valence-corrected chi connectivity index (χ2v) is 6.63.